The number of rotatable bonds is 5. The molecule has 1 aromatic carbocycles. The summed E-state index contributed by atoms with van der Waals surface area (Å²) in [6.45, 7) is 1.73. The van der Waals surface area contributed by atoms with Crippen LogP contribution < -0.4 is 11.1 Å². The van der Waals surface area contributed by atoms with Crippen molar-refractivity contribution in [2.24, 2.45) is 11.1 Å². The van der Waals surface area contributed by atoms with Crippen LogP contribution in [0.3, 0.4) is 0 Å². The summed E-state index contributed by atoms with van der Waals surface area (Å²) >= 11 is 1.53. The number of ether oxygens (including phenoxy) is 1. The monoisotopic (exact) mass is 312 g/mol. The quantitative estimate of drug-likeness (QED) is 0.815. The Morgan fingerprint density at radius 3 is 2.81 bits per heavy atom. The number of carbonyl (C=O) groups is 1. The van der Waals surface area contributed by atoms with Crippen LogP contribution in [0.5, 0.6) is 0 Å². The average Bonchev–Trinajstić information content (AvgIpc) is 2.53. The summed E-state index contributed by atoms with van der Waals surface area (Å²) in [5.74, 6) is -0.360. The third-order valence-corrected chi connectivity index (χ3v) is 4.84. The number of nitrogens with two attached hydrogens (primary N) is 1. The molecular formula is C15H21FN2O2S. The predicted molar refractivity (Wildman–Crippen MR) is 81.6 cm³/mol. The van der Waals surface area contributed by atoms with Crippen molar-refractivity contribution in [2.45, 2.75) is 24.3 Å². The summed E-state index contributed by atoms with van der Waals surface area (Å²) in [5, 5.41) is 2.91. The third kappa shape index (κ3) is 3.75. The number of hydrogen-bond donors (Lipinski definition) is 2. The van der Waals surface area contributed by atoms with Crippen molar-refractivity contribution >= 4 is 17.7 Å². The molecule has 1 saturated heterocycles. The molecule has 0 spiro atoms. The lowest BCUT2D eigenvalue weighted by atomic mass is 9.79. The van der Waals surface area contributed by atoms with Gasteiger partial charge in [0.1, 0.15) is 5.82 Å². The van der Waals surface area contributed by atoms with Crippen molar-refractivity contribution in [3.63, 3.8) is 0 Å². The first-order chi connectivity index (χ1) is 10.1. The second-order valence-corrected chi connectivity index (χ2v) is 6.08. The molecule has 6 heteroatoms. The zero-order valence-electron chi connectivity index (χ0n) is 12.2. The molecule has 1 aliphatic heterocycles. The molecule has 21 heavy (non-hydrogen) atoms. The van der Waals surface area contributed by atoms with Gasteiger partial charge in [-0.3, -0.25) is 4.79 Å². The van der Waals surface area contributed by atoms with E-state index in [2.05, 4.69) is 5.32 Å². The van der Waals surface area contributed by atoms with Crippen LogP contribution in [0.25, 0.3) is 0 Å². The van der Waals surface area contributed by atoms with Crippen LogP contribution in [0, 0.1) is 11.2 Å². The average molecular weight is 312 g/mol. The van der Waals surface area contributed by atoms with Crippen molar-refractivity contribution in [3.8, 4) is 0 Å². The fourth-order valence-electron chi connectivity index (χ4n) is 2.53. The maximum Gasteiger partial charge on any atom is 0.227 e. The molecule has 0 atom stereocenters. The highest BCUT2D eigenvalue weighted by Gasteiger charge is 2.38. The maximum absolute atomic E-state index is 13.3. The summed E-state index contributed by atoms with van der Waals surface area (Å²) in [5.41, 5.74) is 6.04. The molecular weight excluding hydrogens is 291 g/mol. The normalized spacial score (nSPS) is 17.5. The summed E-state index contributed by atoms with van der Waals surface area (Å²) in [6, 6.07) is 4.62. The molecule has 1 heterocycles. The molecule has 0 radical (unpaired) electrons. The van der Waals surface area contributed by atoms with E-state index in [1.54, 1.807) is 6.07 Å². The standard InChI is InChI=1S/C15H21FN2O2S/c1-21-13-3-2-12(16)8-11(13)9-18-14(19)15(10-17)4-6-20-7-5-15/h2-3,8H,4-7,9-10,17H2,1H3,(H,18,19). The van der Waals surface area contributed by atoms with Crippen LogP contribution in [0.1, 0.15) is 18.4 Å². The second kappa shape index (κ2) is 7.24. The highest BCUT2D eigenvalue weighted by Crippen LogP contribution is 2.30. The number of benzene rings is 1. The van der Waals surface area contributed by atoms with E-state index in [9.17, 15) is 9.18 Å². The van der Waals surface area contributed by atoms with Crippen LogP contribution in [0.4, 0.5) is 4.39 Å². The van der Waals surface area contributed by atoms with Gasteiger partial charge in [0.15, 0.2) is 0 Å². The lowest BCUT2D eigenvalue weighted by Gasteiger charge is -2.34. The second-order valence-electron chi connectivity index (χ2n) is 5.24. The maximum atomic E-state index is 13.3. The fourth-order valence-corrected chi connectivity index (χ4v) is 3.13. The largest absolute Gasteiger partial charge is 0.381 e. The first-order valence-electron chi connectivity index (χ1n) is 7.00. The molecule has 1 aliphatic rings. The minimum absolute atomic E-state index is 0.0652. The number of nitrogens with one attached hydrogen (secondary N) is 1. The van der Waals surface area contributed by atoms with Gasteiger partial charge in [-0.1, -0.05) is 0 Å². The molecule has 116 valence electrons. The lowest BCUT2D eigenvalue weighted by Crippen LogP contribution is -2.49. The van der Waals surface area contributed by atoms with Gasteiger partial charge in [-0.2, -0.15) is 0 Å². The van der Waals surface area contributed by atoms with Crippen LogP contribution >= 0.6 is 11.8 Å². The van der Waals surface area contributed by atoms with E-state index in [-0.39, 0.29) is 11.7 Å². The van der Waals surface area contributed by atoms with Crippen LogP contribution in [-0.2, 0) is 16.1 Å². The van der Waals surface area contributed by atoms with Crippen molar-refractivity contribution in [2.75, 3.05) is 26.0 Å². The fraction of sp³-hybridized carbons (Fsp3) is 0.533. The number of carbonyl (C=O) groups excluding carboxylic acids is 1. The van der Waals surface area contributed by atoms with Crippen molar-refractivity contribution in [3.05, 3.63) is 29.6 Å². The molecule has 0 aliphatic carbocycles. The lowest BCUT2D eigenvalue weighted by molar-refractivity contribution is -0.136. The molecule has 0 bridgehead atoms. The Morgan fingerprint density at radius 2 is 2.19 bits per heavy atom. The molecule has 0 saturated carbocycles. The Hall–Kier alpha value is -1.11. The topological polar surface area (TPSA) is 64.4 Å². The molecule has 1 fully saturated rings. The molecule has 1 aromatic rings. The van der Waals surface area contributed by atoms with Gasteiger partial charge in [0.2, 0.25) is 5.91 Å². The summed E-state index contributed by atoms with van der Waals surface area (Å²) in [4.78, 5) is 13.4. The molecule has 4 nitrogen and oxygen atoms in total. The van der Waals surface area contributed by atoms with E-state index in [4.69, 9.17) is 10.5 Å². The summed E-state index contributed by atoms with van der Waals surface area (Å²) in [7, 11) is 0. The number of hydrogen-bond acceptors (Lipinski definition) is 4. The van der Waals surface area contributed by atoms with E-state index < -0.39 is 5.41 Å². The van der Waals surface area contributed by atoms with E-state index in [0.717, 1.165) is 10.5 Å². The Balaban J connectivity index is 2.05. The molecule has 3 N–H and O–H groups in total. The van der Waals surface area contributed by atoms with Crippen molar-refractivity contribution in [1.29, 1.82) is 0 Å². The molecule has 1 amide bonds. The molecule has 2 rings (SSSR count). The van der Waals surface area contributed by atoms with Gasteiger partial charge in [0, 0.05) is 31.2 Å². The summed E-state index contributed by atoms with van der Waals surface area (Å²) in [6.07, 6.45) is 3.19. The van der Waals surface area contributed by atoms with Gasteiger partial charge < -0.3 is 15.8 Å². The number of amides is 1. The van der Waals surface area contributed by atoms with Crippen molar-refractivity contribution in [1.82, 2.24) is 5.32 Å². The number of halogens is 1. The Morgan fingerprint density at radius 1 is 1.48 bits per heavy atom. The minimum atomic E-state index is -0.551. The van der Waals surface area contributed by atoms with Gasteiger partial charge in [-0.25, -0.2) is 4.39 Å². The molecule has 0 aromatic heterocycles. The summed E-state index contributed by atoms with van der Waals surface area (Å²) < 4.78 is 18.6. The minimum Gasteiger partial charge on any atom is -0.381 e. The first-order valence-corrected chi connectivity index (χ1v) is 8.22. The van der Waals surface area contributed by atoms with Gasteiger partial charge in [0.05, 0.1) is 5.41 Å². The highest BCUT2D eigenvalue weighted by atomic mass is 32.2. The van der Waals surface area contributed by atoms with E-state index in [1.807, 2.05) is 6.26 Å². The van der Waals surface area contributed by atoms with Gasteiger partial charge in [0.25, 0.3) is 0 Å². The first kappa shape index (κ1) is 16.3. The Bertz CT molecular complexity index is 504. The van der Waals surface area contributed by atoms with Gasteiger partial charge >= 0.3 is 0 Å². The van der Waals surface area contributed by atoms with E-state index in [1.165, 1.54) is 23.9 Å². The van der Waals surface area contributed by atoms with Gasteiger partial charge in [-0.05, 0) is 42.9 Å². The SMILES string of the molecule is CSc1ccc(F)cc1CNC(=O)C1(CN)CCOCC1. The predicted octanol–water partition coefficient (Wildman–Crippen LogP) is 1.92. The molecule has 0 unspecified atom stereocenters. The third-order valence-electron chi connectivity index (χ3n) is 4.00. The van der Waals surface area contributed by atoms with Crippen LogP contribution in [0.2, 0.25) is 0 Å². The van der Waals surface area contributed by atoms with Crippen molar-refractivity contribution < 1.29 is 13.9 Å². The Kier molecular flexibility index (Phi) is 5.61. The smallest absolute Gasteiger partial charge is 0.227 e. The number of thioether (sulfide) groups is 1. The zero-order valence-corrected chi connectivity index (χ0v) is 13.0. The zero-order chi connectivity index (χ0) is 15.3. The Labute approximate surface area is 128 Å². The van der Waals surface area contributed by atoms with E-state index >= 15 is 0 Å². The van der Waals surface area contributed by atoms with Gasteiger partial charge in [-0.15, -0.1) is 11.8 Å². The highest BCUT2D eigenvalue weighted by molar-refractivity contribution is 7.98. The van der Waals surface area contributed by atoms with E-state index in [0.29, 0.717) is 39.1 Å². The van der Waals surface area contributed by atoms with Crippen LogP contribution in [0.15, 0.2) is 23.1 Å². The van der Waals surface area contributed by atoms with Crippen LogP contribution in [-0.4, -0.2) is 31.9 Å².